The van der Waals surface area contributed by atoms with Crippen molar-refractivity contribution in [2.24, 2.45) is 0 Å². The van der Waals surface area contributed by atoms with Gasteiger partial charge >= 0.3 is 5.97 Å². The highest BCUT2D eigenvalue weighted by atomic mass is 16.5. The molecule has 130 valence electrons. The van der Waals surface area contributed by atoms with E-state index < -0.39 is 5.97 Å². The van der Waals surface area contributed by atoms with E-state index in [0.717, 1.165) is 0 Å². The number of rotatable bonds is 5. The fraction of sp³-hybridized carbons (Fsp3) is 0.0476. The summed E-state index contributed by atoms with van der Waals surface area (Å²) in [4.78, 5) is 12.3. The lowest BCUT2D eigenvalue weighted by molar-refractivity contribution is -0.129. The molecule has 0 atom stereocenters. The van der Waals surface area contributed by atoms with Crippen molar-refractivity contribution in [3.8, 4) is 29.7 Å². The van der Waals surface area contributed by atoms with Gasteiger partial charge in [0.25, 0.3) is 0 Å². The second-order valence-electron chi connectivity index (χ2n) is 5.15. The summed E-state index contributed by atoms with van der Waals surface area (Å²) >= 11 is 0. The maximum atomic E-state index is 12.3. The Bertz CT molecular complexity index is 1010. The van der Waals surface area contributed by atoms with Crippen LogP contribution in [-0.2, 0) is 4.79 Å². The fourth-order valence-corrected chi connectivity index (χ4v) is 2.13. The van der Waals surface area contributed by atoms with Crippen LogP contribution in [-0.4, -0.2) is 13.1 Å². The molecule has 0 aliphatic carbocycles. The molecule has 0 saturated carbocycles. The Balaban J connectivity index is 2.19. The van der Waals surface area contributed by atoms with Crippen LogP contribution in [0.25, 0.3) is 12.2 Å². The van der Waals surface area contributed by atoms with Crippen molar-refractivity contribution in [3.05, 3.63) is 70.8 Å². The van der Waals surface area contributed by atoms with Crippen LogP contribution in [0.5, 0.6) is 11.5 Å². The molecule has 27 heavy (non-hydrogen) atoms. The van der Waals surface area contributed by atoms with Gasteiger partial charge in [-0.15, -0.1) is 0 Å². The lowest BCUT2D eigenvalue weighted by Gasteiger charge is -2.06. The zero-order valence-corrected chi connectivity index (χ0v) is 14.3. The van der Waals surface area contributed by atoms with Gasteiger partial charge in [0.1, 0.15) is 40.9 Å². The summed E-state index contributed by atoms with van der Waals surface area (Å²) in [5, 5.41) is 26.8. The number of para-hydroxylation sites is 1. The molecule has 0 fully saturated rings. The standard InChI is InChI=1S/C21H13N3O3/c1-26-20-5-3-2-4-17(20)11-18(14-24)21(25)27-19-8-6-15(7-9-19)10-16(12-22)13-23/h2-11H,1H3/b18-11+. The minimum Gasteiger partial charge on any atom is -0.496 e. The van der Waals surface area contributed by atoms with Crippen LogP contribution in [0.1, 0.15) is 11.1 Å². The van der Waals surface area contributed by atoms with E-state index >= 15 is 0 Å². The normalized spacial score (nSPS) is 9.93. The monoisotopic (exact) mass is 355 g/mol. The van der Waals surface area contributed by atoms with Gasteiger partial charge in [0, 0.05) is 5.56 Å². The van der Waals surface area contributed by atoms with Crippen molar-refractivity contribution in [2.45, 2.75) is 0 Å². The Kier molecular flexibility index (Phi) is 6.49. The summed E-state index contributed by atoms with van der Waals surface area (Å²) in [5.74, 6) is -0.0461. The number of esters is 1. The summed E-state index contributed by atoms with van der Waals surface area (Å²) in [6.07, 6.45) is 2.80. The Morgan fingerprint density at radius 1 is 0.926 bits per heavy atom. The van der Waals surface area contributed by atoms with Crippen LogP contribution in [0.4, 0.5) is 0 Å². The van der Waals surface area contributed by atoms with Gasteiger partial charge in [0.05, 0.1) is 7.11 Å². The van der Waals surface area contributed by atoms with E-state index in [1.165, 1.54) is 31.4 Å². The number of hydrogen-bond donors (Lipinski definition) is 0. The Morgan fingerprint density at radius 3 is 2.19 bits per heavy atom. The number of carbonyl (C=O) groups excluding carboxylic acids is 1. The van der Waals surface area contributed by atoms with Crippen LogP contribution in [0, 0.1) is 34.0 Å². The number of methoxy groups -OCH3 is 1. The highest BCUT2D eigenvalue weighted by Gasteiger charge is 2.13. The van der Waals surface area contributed by atoms with Gasteiger partial charge in [-0.25, -0.2) is 4.79 Å². The minimum atomic E-state index is -0.804. The van der Waals surface area contributed by atoms with E-state index in [-0.39, 0.29) is 16.9 Å². The van der Waals surface area contributed by atoms with Gasteiger partial charge in [-0.2, -0.15) is 15.8 Å². The molecule has 2 rings (SSSR count). The molecule has 2 aromatic rings. The molecule has 0 bridgehead atoms. The summed E-state index contributed by atoms with van der Waals surface area (Å²) in [5.41, 5.74) is 0.971. The predicted molar refractivity (Wildman–Crippen MR) is 97.9 cm³/mol. The van der Waals surface area contributed by atoms with Crippen molar-refractivity contribution < 1.29 is 14.3 Å². The summed E-state index contributed by atoms with van der Waals surface area (Å²) < 4.78 is 10.4. The first kappa shape index (κ1) is 19.0. The van der Waals surface area contributed by atoms with Crippen LogP contribution >= 0.6 is 0 Å². The molecule has 0 amide bonds. The summed E-state index contributed by atoms with van der Waals surface area (Å²) in [6.45, 7) is 0. The third-order valence-corrected chi connectivity index (χ3v) is 3.42. The van der Waals surface area contributed by atoms with E-state index in [0.29, 0.717) is 16.9 Å². The molecule has 6 nitrogen and oxygen atoms in total. The third kappa shape index (κ3) is 5.06. The van der Waals surface area contributed by atoms with E-state index in [9.17, 15) is 10.1 Å². The largest absolute Gasteiger partial charge is 0.496 e. The van der Waals surface area contributed by atoms with Crippen molar-refractivity contribution >= 4 is 18.1 Å². The van der Waals surface area contributed by atoms with Crippen molar-refractivity contribution in [2.75, 3.05) is 7.11 Å². The lowest BCUT2D eigenvalue weighted by atomic mass is 10.1. The molecule has 0 heterocycles. The molecule has 0 spiro atoms. The number of nitriles is 3. The maximum Gasteiger partial charge on any atom is 0.354 e. The highest BCUT2D eigenvalue weighted by Crippen LogP contribution is 2.21. The zero-order chi connectivity index (χ0) is 19.6. The smallest absolute Gasteiger partial charge is 0.354 e. The number of nitrogens with zero attached hydrogens (tertiary/aromatic N) is 3. The topological polar surface area (TPSA) is 107 Å². The van der Waals surface area contributed by atoms with E-state index in [1.54, 1.807) is 48.5 Å². The van der Waals surface area contributed by atoms with Crippen molar-refractivity contribution in [1.29, 1.82) is 15.8 Å². The molecule has 0 unspecified atom stereocenters. The summed E-state index contributed by atoms with van der Waals surface area (Å²) in [6, 6.07) is 18.5. The predicted octanol–water partition coefficient (Wildman–Crippen LogP) is 3.64. The van der Waals surface area contributed by atoms with E-state index in [4.69, 9.17) is 20.0 Å². The first-order valence-corrected chi connectivity index (χ1v) is 7.70. The van der Waals surface area contributed by atoms with Gasteiger partial charge in [0.15, 0.2) is 0 Å². The van der Waals surface area contributed by atoms with Gasteiger partial charge in [-0.3, -0.25) is 0 Å². The first-order chi connectivity index (χ1) is 13.1. The van der Waals surface area contributed by atoms with E-state index in [1.807, 2.05) is 6.07 Å². The Morgan fingerprint density at radius 2 is 1.59 bits per heavy atom. The average Bonchev–Trinajstić information content (AvgIpc) is 2.71. The number of benzene rings is 2. The molecule has 0 aliphatic heterocycles. The van der Waals surface area contributed by atoms with Gasteiger partial charge in [0.2, 0.25) is 0 Å². The average molecular weight is 355 g/mol. The van der Waals surface area contributed by atoms with Gasteiger partial charge in [-0.1, -0.05) is 30.3 Å². The molecule has 0 aliphatic rings. The molecule has 0 N–H and O–H groups in total. The minimum absolute atomic E-state index is 0.0359. The number of allylic oxidation sites excluding steroid dienone is 1. The second-order valence-corrected chi connectivity index (χ2v) is 5.15. The lowest BCUT2D eigenvalue weighted by Crippen LogP contribution is -2.10. The Hall–Kier alpha value is -4.34. The molecular weight excluding hydrogens is 342 g/mol. The SMILES string of the molecule is COc1ccccc1/C=C(\C#N)C(=O)Oc1ccc(C=C(C#N)C#N)cc1. The van der Waals surface area contributed by atoms with Crippen LogP contribution in [0.2, 0.25) is 0 Å². The molecular formula is C21H13N3O3. The van der Waals surface area contributed by atoms with Crippen molar-refractivity contribution in [1.82, 2.24) is 0 Å². The maximum absolute atomic E-state index is 12.3. The molecule has 0 saturated heterocycles. The third-order valence-electron chi connectivity index (χ3n) is 3.42. The molecule has 2 aromatic carbocycles. The van der Waals surface area contributed by atoms with Crippen LogP contribution in [0.3, 0.4) is 0 Å². The highest BCUT2D eigenvalue weighted by molar-refractivity contribution is 5.99. The van der Waals surface area contributed by atoms with Gasteiger partial charge in [-0.05, 0) is 35.9 Å². The van der Waals surface area contributed by atoms with Crippen LogP contribution in [0.15, 0.2) is 59.7 Å². The summed E-state index contributed by atoms with van der Waals surface area (Å²) in [7, 11) is 1.50. The van der Waals surface area contributed by atoms with Gasteiger partial charge < -0.3 is 9.47 Å². The van der Waals surface area contributed by atoms with E-state index in [2.05, 4.69) is 0 Å². The number of hydrogen-bond acceptors (Lipinski definition) is 6. The molecule has 6 heteroatoms. The molecule has 0 radical (unpaired) electrons. The fourth-order valence-electron chi connectivity index (χ4n) is 2.13. The first-order valence-electron chi connectivity index (χ1n) is 7.70. The quantitative estimate of drug-likeness (QED) is 0.351. The Labute approximate surface area is 156 Å². The molecule has 0 aromatic heterocycles. The second kappa shape index (κ2) is 9.22. The van der Waals surface area contributed by atoms with Crippen LogP contribution < -0.4 is 9.47 Å². The number of ether oxygens (including phenoxy) is 2. The number of carbonyl (C=O) groups is 1. The van der Waals surface area contributed by atoms with Crippen molar-refractivity contribution in [3.63, 3.8) is 0 Å². The zero-order valence-electron chi connectivity index (χ0n) is 14.3.